The Kier molecular flexibility index (Phi) is 8.93. The van der Waals surface area contributed by atoms with Gasteiger partial charge in [0.2, 0.25) is 0 Å². The topological polar surface area (TPSA) is 9.23 Å². The summed E-state index contributed by atoms with van der Waals surface area (Å²) in [5.74, 6) is 0. The zero-order valence-electron chi connectivity index (χ0n) is 18.4. The molecule has 0 aromatic heterocycles. The SMILES string of the molecule is CC/C=C/c1ccc(CCc2ccc(-c3ccc(COCCCC)cc3)cc2)cc1. The highest BCUT2D eigenvalue weighted by molar-refractivity contribution is 5.64. The molecule has 30 heavy (non-hydrogen) atoms. The average molecular weight is 399 g/mol. The highest BCUT2D eigenvalue weighted by Gasteiger charge is 2.01. The van der Waals surface area contributed by atoms with E-state index in [4.69, 9.17) is 4.74 Å². The molecule has 0 saturated carbocycles. The third-order valence-electron chi connectivity index (χ3n) is 5.38. The number of rotatable bonds is 11. The Morgan fingerprint density at radius 1 is 0.667 bits per heavy atom. The first-order chi connectivity index (χ1) is 14.8. The standard InChI is InChI=1S/C29H34O/c1-3-5-7-24-8-10-25(11-9-24)12-13-26-14-18-28(19-15-26)29-20-16-27(17-21-29)23-30-22-6-4-2/h5,7-11,14-21H,3-4,6,12-13,22-23H2,1-2H3/b7-5+. The van der Waals surface area contributed by atoms with Gasteiger partial charge in [-0.25, -0.2) is 0 Å². The minimum absolute atomic E-state index is 0.703. The molecule has 0 amide bonds. The van der Waals surface area contributed by atoms with E-state index in [2.05, 4.69) is 98.8 Å². The van der Waals surface area contributed by atoms with Gasteiger partial charge in [0.1, 0.15) is 0 Å². The summed E-state index contributed by atoms with van der Waals surface area (Å²) in [7, 11) is 0. The molecule has 0 saturated heterocycles. The third-order valence-corrected chi connectivity index (χ3v) is 5.38. The summed E-state index contributed by atoms with van der Waals surface area (Å²) in [6, 6.07) is 26.7. The normalized spacial score (nSPS) is 11.3. The van der Waals surface area contributed by atoms with Gasteiger partial charge in [0.05, 0.1) is 6.61 Å². The van der Waals surface area contributed by atoms with Gasteiger partial charge >= 0.3 is 0 Å². The molecule has 0 atom stereocenters. The molecule has 0 heterocycles. The molecule has 3 aromatic carbocycles. The molecule has 3 aromatic rings. The molecule has 0 aliphatic heterocycles. The van der Waals surface area contributed by atoms with E-state index in [1.165, 1.54) is 39.8 Å². The number of ether oxygens (including phenoxy) is 1. The van der Waals surface area contributed by atoms with E-state index in [1.54, 1.807) is 0 Å². The van der Waals surface area contributed by atoms with E-state index in [0.717, 1.165) is 32.3 Å². The van der Waals surface area contributed by atoms with Gasteiger partial charge in [0, 0.05) is 6.61 Å². The summed E-state index contributed by atoms with van der Waals surface area (Å²) in [5, 5.41) is 0. The maximum atomic E-state index is 5.71. The molecule has 1 nitrogen and oxygen atoms in total. The van der Waals surface area contributed by atoms with E-state index >= 15 is 0 Å². The Morgan fingerprint density at radius 3 is 1.73 bits per heavy atom. The summed E-state index contributed by atoms with van der Waals surface area (Å²) in [6.07, 6.45) is 9.92. The highest BCUT2D eigenvalue weighted by Crippen LogP contribution is 2.21. The second kappa shape index (κ2) is 12.1. The molecular weight excluding hydrogens is 364 g/mol. The van der Waals surface area contributed by atoms with Crippen LogP contribution in [0.15, 0.2) is 78.9 Å². The Morgan fingerprint density at radius 2 is 1.20 bits per heavy atom. The van der Waals surface area contributed by atoms with E-state index in [-0.39, 0.29) is 0 Å². The molecule has 0 N–H and O–H groups in total. The number of hydrogen-bond acceptors (Lipinski definition) is 1. The molecular formula is C29H34O. The van der Waals surface area contributed by atoms with Crippen molar-refractivity contribution >= 4 is 6.08 Å². The van der Waals surface area contributed by atoms with Crippen molar-refractivity contribution in [2.24, 2.45) is 0 Å². The number of hydrogen-bond donors (Lipinski definition) is 0. The largest absolute Gasteiger partial charge is 0.377 e. The van der Waals surface area contributed by atoms with E-state index in [0.29, 0.717) is 6.61 Å². The molecule has 1 heteroatoms. The van der Waals surface area contributed by atoms with Crippen molar-refractivity contribution < 1.29 is 4.74 Å². The van der Waals surface area contributed by atoms with Crippen molar-refractivity contribution in [2.75, 3.05) is 6.61 Å². The maximum Gasteiger partial charge on any atom is 0.0716 e. The lowest BCUT2D eigenvalue weighted by Gasteiger charge is -2.07. The van der Waals surface area contributed by atoms with Crippen molar-refractivity contribution in [3.63, 3.8) is 0 Å². The van der Waals surface area contributed by atoms with Crippen LogP contribution in [0.4, 0.5) is 0 Å². The van der Waals surface area contributed by atoms with Crippen LogP contribution in [0.3, 0.4) is 0 Å². The first kappa shape index (κ1) is 22.1. The third kappa shape index (κ3) is 7.00. The van der Waals surface area contributed by atoms with Crippen molar-refractivity contribution in [1.82, 2.24) is 0 Å². The summed E-state index contributed by atoms with van der Waals surface area (Å²) >= 11 is 0. The van der Waals surface area contributed by atoms with Crippen molar-refractivity contribution in [3.8, 4) is 11.1 Å². The van der Waals surface area contributed by atoms with E-state index < -0.39 is 0 Å². The second-order valence-electron chi connectivity index (χ2n) is 7.85. The van der Waals surface area contributed by atoms with Crippen LogP contribution < -0.4 is 0 Å². The molecule has 156 valence electrons. The predicted molar refractivity (Wildman–Crippen MR) is 130 cm³/mol. The maximum absolute atomic E-state index is 5.71. The Hall–Kier alpha value is -2.64. The summed E-state index contributed by atoms with van der Waals surface area (Å²) < 4.78 is 5.71. The van der Waals surface area contributed by atoms with E-state index in [9.17, 15) is 0 Å². The van der Waals surface area contributed by atoms with Gasteiger partial charge < -0.3 is 4.74 Å². The lowest BCUT2D eigenvalue weighted by atomic mass is 9.99. The van der Waals surface area contributed by atoms with Crippen LogP contribution in [0.5, 0.6) is 0 Å². The number of allylic oxidation sites excluding steroid dienone is 1. The fraction of sp³-hybridized carbons (Fsp3) is 0.310. The zero-order valence-corrected chi connectivity index (χ0v) is 18.4. The van der Waals surface area contributed by atoms with E-state index in [1.807, 2.05) is 0 Å². The van der Waals surface area contributed by atoms with Gasteiger partial charge in [-0.15, -0.1) is 0 Å². The Balaban J connectivity index is 1.51. The molecule has 0 bridgehead atoms. The van der Waals surface area contributed by atoms with Crippen LogP contribution in [-0.4, -0.2) is 6.61 Å². The molecule has 0 aliphatic carbocycles. The summed E-state index contributed by atoms with van der Waals surface area (Å²) in [6.45, 7) is 5.90. The highest BCUT2D eigenvalue weighted by atomic mass is 16.5. The Bertz CT molecular complexity index is 887. The molecule has 0 radical (unpaired) electrons. The predicted octanol–water partition coefficient (Wildman–Crippen LogP) is 7.88. The number of unbranched alkanes of at least 4 members (excludes halogenated alkanes) is 1. The zero-order chi connectivity index (χ0) is 21.0. The van der Waals surface area contributed by atoms with Gasteiger partial charge in [-0.1, -0.05) is 105 Å². The quantitative estimate of drug-likeness (QED) is 0.298. The molecule has 0 spiro atoms. The second-order valence-corrected chi connectivity index (χ2v) is 7.85. The lowest BCUT2D eigenvalue weighted by molar-refractivity contribution is 0.118. The lowest BCUT2D eigenvalue weighted by Crippen LogP contribution is -1.95. The average Bonchev–Trinajstić information content (AvgIpc) is 2.81. The molecule has 3 rings (SSSR count). The van der Waals surface area contributed by atoms with Gasteiger partial charge in [-0.2, -0.15) is 0 Å². The molecule has 0 unspecified atom stereocenters. The first-order valence-corrected chi connectivity index (χ1v) is 11.3. The van der Waals surface area contributed by atoms with Gasteiger partial charge in [0.25, 0.3) is 0 Å². The number of benzene rings is 3. The minimum Gasteiger partial charge on any atom is -0.377 e. The minimum atomic E-state index is 0.703. The first-order valence-electron chi connectivity index (χ1n) is 11.3. The molecule has 0 fully saturated rings. The van der Waals surface area contributed by atoms with Gasteiger partial charge in [0.15, 0.2) is 0 Å². The smallest absolute Gasteiger partial charge is 0.0716 e. The van der Waals surface area contributed by atoms with Crippen LogP contribution in [0.25, 0.3) is 17.2 Å². The fourth-order valence-corrected chi connectivity index (χ4v) is 3.43. The van der Waals surface area contributed by atoms with Crippen molar-refractivity contribution in [1.29, 1.82) is 0 Å². The van der Waals surface area contributed by atoms with Crippen LogP contribution in [0.1, 0.15) is 55.4 Å². The van der Waals surface area contributed by atoms with Crippen molar-refractivity contribution in [2.45, 2.75) is 52.6 Å². The van der Waals surface area contributed by atoms with Gasteiger partial charge in [-0.3, -0.25) is 0 Å². The van der Waals surface area contributed by atoms with Crippen LogP contribution in [0.2, 0.25) is 0 Å². The van der Waals surface area contributed by atoms with Crippen molar-refractivity contribution in [3.05, 3.63) is 101 Å². The summed E-state index contributed by atoms with van der Waals surface area (Å²) in [4.78, 5) is 0. The van der Waals surface area contributed by atoms with Crippen LogP contribution in [-0.2, 0) is 24.2 Å². The van der Waals surface area contributed by atoms with Crippen LogP contribution >= 0.6 is 0 Å². The monoisotopic (exact) mass is 398 g/mol. The van der Waals surface area contributed by atoms with Crippen LogP contribution in [0, 0.1) is 0 Å². The summed E-state index contributed by atoms with van der Waals surface area (Å²) in [5.41, 5.74) is 7.82. The van der Waals surface area contributed by atoms with Gasteiger partial charge in [-0.05, 0) is 59.1 Å². The number of aryl methyl sites for hydroxylation is 2. The fourth-order valence-electron chi connectivity index (χ4n) is 3.43. The Labute approximate surface area is 182 Å². The molecule has 0 aliphatic rings.